The first-order chi connectivity index (χ1) is 8.93. The van der Waals surface area contributed by atoms with Gasteiger partial charge in [-0.1, -0.05) is 28.6 Å². The van der Waals surface area contributed by atoms with Crippen LogP contribution in [0.25, 0.3) is 0 Å². The van der Waals surface area contributed by atoms with Crippen LogP contribution in [-0.2, 0) is 0 Å². The van der Waals surface area contributed by atoms with Crippen LogP contribution in [0.4, 0.5) is 0 Å². The molecule has 0 aromatic heterocycles. The largest absolute Gasteiger partial charge is 0.495 e. The van der Waals surface area contributed by atoms with E-state index in [0.29, 0.717) is 21.4 Å². The van der Waals surface area contributed by atoms with E-state index < -0.39 is 11.0 Å². The van der Waals surface area contributed by atoms with Gasteiger partial charge in [-0.05, 0) is 12.1 Å². The zero-order valence-electron chi connectivity index (χ0n) is 9.63. The van der Waals surface area contributed by atoms with E-state index in [1.165, 1.54) is 19.4 Å². The molecule has 19 heavy (non-hydrogen) atoms. The third-order valence-corrected chi connectivity index (χ3v) is 2.31. The molecule has 0 unspecified atom stereocenters. The molecule has 0 aliphatic heterocycles. The van der Waals surface area contributed by atoms with Gasteiger partial charge in [0.05, 0.1) is 18.3 Å². The van der Waals surface area contributed by atoms with Gasteiger partial charge in [0.2, 0.25) is 0 Å². The summed E-state index contributed by atoms with van der Waals surface area (Å²) in [5, 5.41) is 16.8. The number of nitrogens with two attached hydrogens (primary N) is 1. The van der Waals surface area contributed by atoms with Crippen LogP contribution in [0, 0.1) is 10.1 Å². The van der Waals surface area contributed by atoms with Gasteiger partial charge in [0.15, 0.2) is 5.03 Å². The zero-order chi connectivity index (χ0) is 14.4. The van der Waals surface area contributed by atoms with E-state index in [2.05, 4.69) is 10.2 Å². The van der Waals surface area contributed by atoms with Crippen molar-refractivity contribution in [3.8, 4) is 5.75 Å². The first-order valence-corrected chi connectivity index (χ1v) is 5.50. The third-order valence-electron chi connectivity index (χ3n) is 1.81. The number of guanidine groups is 1. The Bertz CT molecular complexity index is 547. The molecule has 0 spiro atoms. The number of nitro groups is 1. The second-order valence-corrected chi connectivity index (χ2v) is 3.95. The molecule has 0 radical (unpaired) electrons. The monoisotopic (exact) mass is 305 g/mol. The number of ether oxygens (including phenoxy) is 1. The Morgan fingerprint density at radius 1 is 1.58 bits per heavy atom. The van der Waals surface area contributed by atoms with Crippen molar-refractivity contribution in [2.45, 2.75) is 0 Å². The first-order valence-electron chi connectivity index (χ1n) is 4.74. The molecule has 0 heterocycles. The highest BCUT2D eigenvalue weighted by atomic mass is 35.5. The standard InChI is InChI=1S/C9H9Cl2N5O3/c1-19-8-5(2-6(10)3-7(8)11)4-13-14-9(12)15-16(17)18/h2-4H,1H3,(H3,12,14,15)/b13-4-. The van der Waals surface area contributed by atoms with Gasteiger partial charge in [0.25, 0.3) is 5.96 Å². The van der Waals surface area contributed by atoms with Gasteiger partial charge in [-0.2, -0.15) is 5.10 Å². The number of methoxy groups -OCH3 is 1. The molecule has 3 N–H and O–H groups in total. The minimum atomic E-state index is -0.856. The molecule has 1 aromatic rings. The zero-order valence-corrected chi connectivity index (χ0v) is 11.1. The summed E-state index contributed by atoms with van der Waals surface area (Å²) in [5.74, 6) is -0.112. The number of rotatable bonds is 4. The average molecular weight is 306 g/mol. The van der Waals surface area contributed by atoms with E-state index in [1.54, 1.807) is 11.5 Å². The Kier molecular flexibility index (Phi) is 5.34. The summed E-state index contributed by atoms with van der Waals surface area (Å²) in [6, 6.07) is 3.05. The summed E-state index contributed by atoms with van der Waals surface area (Å²) in [6.45, 7) is 0. The van der Waals surface area contributed by atoms with E-state index in [9.17, 15) is 10.1 Å². The van der Waals surface area contributed by atoms with Gasteiger partial charge in [-0.3, -0.25) is 0 Å². The van der Waals surface area contributed by atoms with Gasteiger partial charge >= 0.3 is 0 Å². The summed E-state index contributed by atoms with van der Waals surface area (Å²) in [4.78, 5) is 10.1. The van der Waals surface area contributed by atoms with Crippen molar-refractivity contribution in [3.63, 3.8) is 0 Å². The predicted octanol–water partition coefficient (Wildman–Crippen LogP) is 1.43. The lowest BCUT2D eigenvalue weighted by atomic mass is 10.2. The van der Waals surface area contributed by atoms with E-state index >= 15 is 0 Å². The summed E-state index contributed by atoms with van der Waals surface area (Å²) >= 11 is 11.7. The van der Waals surface area contributed by atoms with Crippen LogP contribution in [0.3, 0.4) is 0 Å². The highest BCUT2D eigenvalue weighted by Gasteiger charge is 2.08. The van der Waals surface area contributed by atoms with Crippen molar-refractivity contribution in [3.05, 3.63) is 37.9 Å². The molecule has 1 rings (SSSR count). The van der Waals surface area contributed by atoms with Crippen molar-refractivity contribution in [1.82, 2.24) is 5.43 Å². The topological polar surface area (TPSA) is 115 Å². The van der Waals surface area contributed by atoms with Crippen LogP contribution in [-0.4, -0.2) is 24.3 Å². The van der Waals surface area contributed by atoms with Gasteiger partial charge < -0.3 is 10.5 Å². The molecule has 102 valence electrons. The molecule has 1 aromatic carbocycles. The number of nitrogens with zero attached hydrogens (tertiary/aromatic N) is 3. The van der Waals surface area contributed by atoms with Crippen molar-refractivity contribution < 1.29 is 9.77 Å². The van der Waals surface area contributed by atoms with E-state index in [-0.39, 0.29) is 0 Å². The molecular formula is C9H9Cl2N5O3. The van der Waals surface area contributed by atoms with Crippen molar-refractivity contribution in [2.75, 3.05) is 7.11 Å². The lowest BCUT2D eigenvalue weighted by Gasteiger charge is -2.06. The summed E-state index contributed by atoms with van der Waals surface area (Å²) < 4.78 is 5.07. The lowest BCUT2D eigenvalue weighted by molar-refractivity contribution is -0.525. The summed E-state index contributed by atoms with van der Waals surface area (Å²) in [5.41, 5.74) is 7.26. The minimum Gasteiger partial charge on any atom is -0.495 e. The molecule has 10 heteroatoms. The van der Waals surface area contributed by atoms with Gasteiger partial charge in [-0.25, -0.2) is 10.1 Å². The number of halogens is 2. The molecule has 0 bridgehead atoms. The molecule has 0 aliphatic rings. The molecule has 0 fully saturated rings. The smallest absolute Gasteiger partial charge is 0.275 e. The SMILES string of the molecule is COc1c(Cl)cc(Cl)cc1/C=N\N=C(N)N[N+](=O)[O-]. The average Bonchev–Trinajstić information content (AvgIpc) is 2.27. The van der Waals surface area contributed by atoms with Crippen LogP contribution in [0.2, 0.25) is 10.0 Å². The predicted molar refractivity (Wildman–Crippen MR) is 72.4 cm³/mol. The van der Waals surface area contributed by atoms with E-state index in [0.717, 1.165) is 0 Å². The number of hydrogen-bond acceptors (Lipinski definition) is 5. The maximum atomic E-state index is 10.1. The minimum absolute atomic E-state index is 0.303. The maximum absolute atomic E-state index is 10.1. The molecule has 0 atom stereocenters. The Morgan fingerprint density at radius 3 is 2.84 bits per heavy atom. The van der Waals surface area contributed by atoms with Gasteiger partial charge in [0, 0.05) is 10.6 Å². The second-order valence-electron chi connectivity index (χ2n) is 3.11. The third kappa shape index (κ3) is 4.60. The van der Waals surface area contributed by atoms with Crippen LogP contribution in [0.15, 0.2) is 22.3 Å². The Morgan fingerprint density at radius 2 is 2.26 bits per heavy atom. The number of hydrazine groups is 1. The van der Waals surface area contributed by atoms with Crippen molar-refractivity contribution in [1.29, 1.82) is 0 Å². The quantitative estimate of drug-likeness (QED) is 0.378. The fourth-order valence-corrected chi connectivity index (χ4v) is 1.75. The van der Waals surface area contributed by atoms with Crippen molar-refractivity contribution >= 4 is 35.4 Å². The fraction of sp³-hybridized carbons (Fsp3) is 0.111. The van der Waals surface area contributed by atoms with Crippen LogP contribution in [0.5, 0.6) is 5.75 Å². The Labute approximate surface area is 118 Å². The molecule has 0 saturated carbocycles. The Hall–Kier alpha value is -2.06. The van der Waals surface area contributed by atoms with Gasteiger partial charge in [0.1, 0.15) is 5.75 Å². The van der Waals surface area contributed by atoms with E-state index in [4.69, 9.17) is 33.7 Å². The summed E-state index contributed by atoms with van der Waals surface area (Å²) in [6.07, 6.45) is 1.26. The number of benzene rings is 1. The molecular weight excluding hydrogens is 297 g/mol. The normalized spacial score (nSPS) is 11.6. The highest BCUT2D eigenvalue weighted by molar-refractivity contribution is 6.36. The molecule has 8 nitrogen and oxygen atoms in total. The van der Waals surface area contributed by atoms with Crippen LogP contribution >= 0.6 is 23.2 Å². The lowest BCUT2D eigenvalue weighted by Crippen LogP contribution is -2.35. The Balaban J connectivity index is 2.96. The second kappa shape index (κ2) is 6.76. The fourth-order valence-electron chi connectivity index (χ4n) is 1.16. The number of nitrogens with one attached hydrogen (secondary N) is 1. The first kappa shape index (κ1) is 15.0. The van der Waals surface area contributed by atoms with Crippen molar-refractivity contribution in [2.24, 2.45) is 15.9 Å². The molecule has 0 saturated heterocycles. The van der Waals surface area contributed by atoms with Crippen LogP contribution < -0.4 is 15.9 Å². The summed E-state index contributed by atoms with van der Waals surface area (Å²) in [7, 11) is 1.43. The van der Waals surface area contributed by atoms with E-state index in [1.807, 2.05) is 0 Å². The highest BCUT2D eigenvalue weighted by Crippen LogP contribution is 2.31. The number of hydrogen-bond donors (Lipinski definition) is 2. The molecule has 0 aliphatic carbocycles. The van der Waals surface area contributed by atoms with Gasteiger partial charge in [-0.15, -0.1) is 5.10 Å². The molecule has 0 amide bonds. The maximum Gasteiger partial charge on any atom is 0.275 e. The van der Waals surface area contributed by atoms with Crippen LogP contribution in [0.1, 0.15) is 5.56 Å².